The van der Waals surface area contributed by atoms with Crippen LogP contribution in [0.5, 0.6) is 0 Å². The smallest absolute Gasteiger partial charge is 0.135 e. The van der Waals surface area contributed by atoms with E-state index in [1.165, 1.54) is 5.56 Å². The number of nitrogens with two attached hydrogens (primary N) is 1. The van der Waals surface area contributed by atoms with Crippen molar-refractivity contribution >= 4 is 5.82 Å². The van der Waals surface area contributed by atoms with Crippen molar-refractivity contribution in [2.75, 3.05) is 5.73 Å². The molecule has 3 rings (SSSR count). The zero-order valence-electron chi connectivity index (χ0n) is 10.7. The third kappa shape index (κ3) is 2.10. The molecule has 19 heavy (non-hydrogen) atoms. The molecule has 0 radical (unpaired) electrons. The van der Waals surface area contributed by atoms with Gasteiger partial charge in [-0.3, -0.25) is 0 Å². The van der Waals surface area contributed by atoms with Crippen molar-refractivity contribution in [2.24, 2.45) is 0 Å². The molecule has 0 aliphatic rings. The maximum atomic E-state index is 6.21. The van der Waals surface area contributed by atoms with Crippen LogP contribution in [-0.4, -0.2) is 9.78 Å². The Labute approximate surface area is 112 Å². The van der Waals surface area contributed by atoms with Crippen LogP contribution < -0.4 is 5.73 Å². The molecule has 0 aliphatic carbocycles. The van der Waals surface area contributed by atoms with Crippen molar-refractivity contribution in [1.82, 2.24) is 9.78 Å². The highest BCUT2D eigenvalue weighted by atomic mass is 15.3. The van der Waals surface area contributed by atoms with Crippen molar-refractivity contribution in [2.45, 2.75) is 6.92 Å². The first-order chi connectivity index (χ1) is 9.25. The van der Waals surface area contributed by atoms with Crippen LogP contribution in [0.2, 0.25) is 0 Å². The summed E-state index contributed by atoms with van der Waals surface area (Å²) < 4.78 is 1.77. The van der Waals surface area contributed by atoms with Gasteiger partial charge >= 0.3 is 0 Å². The summed E-state index contributed by atoms with van der Waals surface area (Å²) in [7, 11) is 0. The highest BCUT2D eigenvalue weighted by Crippen LogP contribution is 2.27. The van der Waals surface area contributed by atoms with Crippen LogP contribution in [0, 0.1) is 6.92 Å². The lowest BCUT2D eigenvalue weighted by Gasteiger charge is -2.05. The van der Waals surface area contributed by atoms with Gasteiger partial charge in [-0.15, -0.1) is 0 Å². The molecule has 1 aromatic heterocycles. The van der Waals surface area contributed by atoms with E-state index in [1.54, 1.807) is 4.68 Å². The van der Waals surface area contributed by atoms with Gasteiger partial charge in [-0.05, 0) is 24.6 Å². The fourth-order valence-electron chi connectivity index (χ4n) is 2.09. The highest BCUT2D eigenvalue weighted by molar-refractivity contribution is 5.74. The lowest BCUT2D eigenvalue weighted by molar-refractivity contribution is 0.891. The summed E-state index contributed by atoms with van der Waals surface area (Å²) in [6.07, 6.45) is 1.81. The van der Waals surface area contributed by atoms with Crippen LogP contribution in [0.15, 0.2) is 60.8 Å². The molecule has 3 aromatic rings. The molecule has 0 saturated heterocycles. The summed E-state index contributed by atoms with van der Waals surface area (Å²) in [5.74, 6) is 0.662. The molecule has 1 heterocycles. The van der Waals surface area contributed by atoms with E-state index < -0.39 is 0 Å². The molecule has 94 valence electrons. The number of benzene rings is 2. The first-order valence-electron chi connectivity index (χ1n) is 6.21. The quantitative estimate of drug-likeness (QED) is 0.756. The molecule has 3 heteroatoms. The van der Waals surface area contributed by atoms with Crippen LogP contribution in [0.3, 0.4) is 0 Å². The van der Waals surface area contributed by atoms with Crippen molar-refractivity contribution < 1.29 is 0 Å². The Morgan fingerprint density at radius 2 is 1.63 bits per heavy atom. The van der Waals surface area contributed by atoms with E-state index in [2.05, 4.69) is 24.2 Å². The van der Waals surface area contributed by atoms with E-state index in [0.29, 0.717) is 5.82 Å². The second kappa shape index (κ2) is 4.61. The molecule has 0 amide bonds. The summed E-state index contributed by atoms with van der Waals surface area (Å²) in [5.41, 5.74) is 10.4. The molecule has 3 nitrogen and oxygen atoms in total. The average Bonchev–Trinajstić information content (AvgIpc) is 2.83. The second-order valence-corrected chi connectivity index (χ2v) is 4.56. The number of aryl methyl sites for hydroxylation is 1. The highest BCUT2D eigenvalue weighted by Gasteiger charge is 2.10. The number of hydrogen-bond acceptors (Lipinski definition) is 2. The lowest BCUT2D eigenvalue weighted by atomic mass is 10.1. The number of anilines is 1. The summed E-state index contributed by atoms with van der Waals surface area (Å²) in [5, 5.41) is 4.38. The van der Waals surface area contributed by atoms with E-state index in [1.807, 2.05) is 48.7 Å². The summed E-state index contributed by atoms with van der Waals surface area (Å²) in [6.45, 7) is 2.06. The number of hydrogen-bond donors (Lipinski definition) is 1. The molecule has 0 spiro atoms. The number of nitrogen functional groups attached to an aromatic ring is 1. The minimum absolute atomic E-state index is 0.662. The average molecular weight is 249 g/mol. The van der Waals surface area contributed by atoms with Crippen LogP contribution in [-0.2, 0) is 0 Å². The second-order valence-electron chi connectivity index (χ2n) is 4.56. The normalized spacial score (nSPS) is 10.6. The minimum Gasteiger partial charge on any atom is -0.383 e. The van der Waals surface area contributed by atoms with E-state index in [-0.39, 0.29) is 0 Å². The predicted molar refractivity (Wildman–Crippen MR) is 78.1 cm³/mol. The number of nitrogens with zero attached hydrogens (tertiary/aromatic N) is 2. The Kier molecular flexibility index (Phi) is 2.80. The Hall–Kier alpha value is -2.55. The molecule has 0 fully saturated rings. The van der Waals surface area contributed by atoms with E-state index in [4.69, 9.17) is 5.73 Å². The van der Waals surface area contributed by atoms with Crippen LogP contribution >= 0.6 is 0 Å². The van der Waals surface area contributed by atoms with E-state index >= 15 is 0 Å². The standard InChI is InChI=1S/C16H15N3/c1-12-7-9-14(10-8-12)19-16(17)15(11-18-19)13-5-3-2-4-6-13/h2-11H,17H2,1H3. The Balaban J connectivity index is 2.06. The zero-order chi connectivity index (χ0) is 13.2. The number of aromatic nitrogens is 2. The maximum absolute atomic E-state index is 6.21. The third-order valence-electron chi connectivity index (χ3n) is 3.17. The van der Waals surface area contributed by atoms with E-state index in [0.717, 1.165) is 16.8 Å². The first-order valence-corrected chi connectivity index (χ1v) is 6.21. The largest absolute Gasteiger partial charge is 0.383 e. The molecule has 2 aromatic carbocycles. The van der Waals surface area contributed by atoms with Crippen LogP contribution in [0.1, 0.15) is 5.56 Å². The maximum Gasteiger partial charge on any atom is 0.135 e. The Morgan fingerprint density at radius 3 is 2.32 bits per heavy atom. The third-order valence-corrected chi connectivity index (χ3v) is 3.17. The van der Waals surface area contributed by atoms with Gasteiger partial charge in [-0.25, -0.2) is 4.68 Å². The summed E-state index contributed by atoms with van der Waals surface area (Å²) in [4.78, 5) is 0. The van der Waals surface area contributed by atoms with Gasteiger partial charge in [-0.2, -0.15) is 5.10 Å². The van der Waals surface area contributed by atoms with Crippen molar-refractivity contribution in [1.29, 1.82) is 0 Å². The molecule has 0 unspecified atom stereocenters. The SMILES string of the molecule is Cc1ccc(-n2ncc(-c3ccccc3)c2N)cc1. The Bertz CT molecular complexity index is 682. The fourth-order valence-corrected chi connectivity index (χ4v) is 2.09. The van der Waals surface area contributed by atoms with Crippen LogP contribution in [0.4, 0.5) is 5.82 Å². The molecule has 0 atom stereocenters. The molecule has 0 bridgehead atoms. The predicted octanol–water partition coefficient (Wildman–Crippen LogP) is 3.43. The Morgan fingerprint density at radius 1 is 0.947 bits per heavy atom. The zero-order valence-corrected chi connectivity index (χ0v) is 10.7. The van der Waals surface area contributed by atoms with Crippen molar-refractivity contribution in [3.63, 3.8) is 0 Å². The van der Waals surface area contributed by atoms with Gasteiger partial charge in [0.25, 0.3) is 0 Å². The van der Waals surface area contributed by atoms with E-state index in [9.17, 15) is 0 Å². The summed E-state index contributed by atoms with van der Waals surface area (Å²) in [6, 6.07) is 18.2. The van der Waals surface area contributed by atoms with Crippen molar-refractivity contribution in [3.05, 3.63) is 66.4 Å². The van der Waals surface area contributed by atoms with Gasteiger partial charge in [0.05, 0.1) is 11.9 Å². The number of rotatable bonds is 2. The molecule has 0 saturated carbocycles. The van der Waals surface area contributed by atoms with Crippen molar-refractivity contribution in [3.8, 4) is 16.8 Å². The van der Waals surface area contributed by atoms with Gasteiger partial charge in [0, 0.05) is 5.56 Å². The molecule has 2 N–H and O–H groups in total. The fraction of sp³-hybridized carbons (Fsp3) is 0.0625. The van der Waals surface area contributed by atoms with Crippen LogP contribution in [0.25, 0.3) is 16.8 Å². The lowest BCUT2D eigenvalue weighted by Crippen LogP contribution is -2.02. The van der Waals surface area contributed by atoms with Gasteiger partial charge in [0.2, 0.25) is 0 Å². The van der Waals surface area contributed by atoms with Gasteiger partial charge in [0.1, 0.15) is 5.82 Å². The van der Waals surface area contributed by atoms with Gasteiger partial charge in [-0.1, -0.05) is 48.0 Å². The first kappa shape index (κ1) is 11.5. The van der Waals surface area contributed by atoms with Gasteiger partial charge in [0.15, 0.2) is 0 Å². The molecule has 0 aliphatic heterocycles. The molecular weight excluding hydrogens is 234 g/mol. The summed E-state index contributed by atoms with van der Waals surface area (Å²) >= 11 is 0. The van der Waals surface area contributed by atoms with Gasteiger partial charge < -0.3 is 5.73 Å². The topological polar surface area (TPSA) is 43.8 Å². The monoisotopic (exact) mass is 249 g/mol. The molecular formula is C16H15N3. The minimum atomic E-state index is 0.662.